The molecule has 0 radical (unpaired) electrons. The van der Waals surface area contributed by atoms with E-state index in [1.54, 1.807) is 0 Å². The predicted molar refractivity (Wildman–Crippen MR) is 160 cm³/mol. The van der Waals surface area contributed by atoms with E-state index in [0.29, 0.717) is 0 Å². The van der Waals surface area contributed by atoms with Gasteiger partial charge in [-0.25, -0.2) is 24.5 Å². The zero-order valence-corrected chi connectivity index (χ0v) is 25.2. The quantitative estimate of drug-likeness (QED) is 0.0726. The van der Waals surface area contributed by atoms with Crippen molar-refractivity contribution in [2.24, 2.45) is 0 Å². The molecule has 2 saturated heterocycles. The van der Waals surface area contributed by atoms with Crippen molar-refractivity contribution < 1.29 is 38.2 Å². The normalized spacial score (nSPS) is 32.6. The van der Waals surface area contributed by atoms with E-state index in [1.165, 1.54) is 28.1 Å². The number of aliphatic hydroxyl groups excluding tert-OH is 2. The van der Waals surface area contributed by atoms with E-state index in [2.05, 4.69) is 35.2 Å². The van der Waals surface area contributed by atoms with E-state index in [4.69, 9.17) is 30.0 Å². The number of imidazole rings is 2. The summed E-state index contributed by atoms with van der Waals surface area (Å²) in [6, 6.07) is -1.19. The van der Waals surface area contributed by atoms with Crippen LogP contribution in [-0.2, 0) is 29.5 Å². The van der Waals surface area contributed by atoms with Crippen LogP contribution in [0.4, 0.5) is 17.5 Å². The van der Waals surface area contributed by atoms with Crippen molar-refractivity contribution in [2.45, 2.75) is 61.9 Å². The third kappa shape index (κ3) is 4.72. The summed E-state index contributed by atoms with van der Waals surface area (Å²) in [7, 11) is -5.00. The highest BCUT2D eigenvalue weighted by Gasteiger charge is 2.51. The average molecular weight is 688 g/mol. The Morgan fingerprint density at radius 2 is 1.65 bits per heavy atom. The van der Waals surface area contributed by atoms with Crippen molar-refractivity contribution in [1.82, 2.24) is 39.0 Å². The van der Waals surface area contributed by atoms with Crippen molar-refractivity contribution in [1.29, 1.82) is 0 Å². The lowest BCUT2D eigenvalue weighted by atomic mass is 9.96. The summed E-state index contributed by atoms with van der Waals surface area (Å²) < 4.78 is 38.7. The number of nitrogens with one attached hydrogen (secondary N) is 2. The lowest BCUT2D eigenvalue weighted by Gasteiger charge is -2.27. The molecule has 0 spiro atoms. The number of nitrogens with two attached hydrogens (primary N) is 2. The fourth-order valence-electron chi connectivity index (χ4n) is 6.41. The molecule has 8 rings (SSSR count). The molecule has 5 aromatic rings. The topological polar surface area (TPSA) is 320 Å². The maximum absolute atomic E-state index is 13.3. The summed E-state index contributed by atoms with van der Waals surface area (Å²) >= 11 is 0. The largest absolute Gasteiger partial charge is 0.472 e. The standard InChI is InChI=1S/C25H26N11O11P/c26-19-12-20(29-4-28-19)35(5-30-12)24-17(40)18-8(45-24)2-1-7-10(16(39)14(7)37)32-11-15(38)9(3-44-48(42,43)47-18)46-23(11)36-6-31-13-21(36)33-25(27)34-22(13)41/h4-6,8-9,11,15,17-18,23-24,32,38,40H,1-3H2,(H,42,43)(H2,26,28,29)(H3,27,33,34,41)/t8-,9-,11?,15+,17+,18?,23-,24-/m1/s1. The van der Waals surface area contributed by atoms with Crippen LogP contribution in [0.3, 0.4) is 0 Å². The van der Waals surface area contributed by atoms with Gasteiger partial charge in [0.25, 0.3) is 5.56 Å². The fourth-order valence-corrected chi connectivity index (χ4v) is 7.37. The summed E-state index contributed by atoms with van der Waals surface area (Å²) in [6.07, 6.45) is -5.99. The summed E-state index contributed by atoms with van der Waals surface area (Å²) in [6.45, 7) is -0.717. The van der Waals surface area contributed by atoms with Crippen LogP contribution >= 0.6 is 7.82 Å². The third-order valence-corrected chi connectivity index (χ3v) is 9.71. The second-order valence-electron chi connectivity index (χ2n) is 11.5. The number of aliphatic hydroxyl groups is 2. The molecule has 2 bridgehead atoms. The Balaban J connectivity index is 1.15. The number of hydrogen-bond donors (Lipinski definition) is 7. The van der Waals surface area contributed by atoms with Crippen molar-refractivity contribution >= 4 is 47.6 Å². The van der Waals surface area contributed by atoms with E-state index in [9.17, 15) is 34.1 Å². The van der Waals surface area contributed by atoms with Crippen LogP contribution in [0.2, 0.25) is 0 Å². The SMILES string of the molecule is Nc1nc2c(ncn2[C@@H]2O[C@@H]3COP(=O)(O)OC4[C@@H](CCc5c(c(=O)c5=O)NC2[C@H]3O)O[C@@H](n2cnc3c(N)ncnc32)[C@H]4O)c(=O)[nH]1. The van der Waals surface area contributed by atoms with Gasteiger partial charge in [-0.1, -0.05) is 0 Å². The molecule has 9 atom stereocenters. The minimum Gasteiger partial charge on any atom is -0.388 e. The molecule has 1 aromatic carbocycles. The number of H-pyrrole nitrogens is 1. The summed E-state index contributed by atoms with van der Waals surface area (Å²) in [5.74, 6) is -0.153. The fraction of sp³-hybridized carbons (Fsp3) is 0.440. The molecule has 4 aromatic heterocycles. The Hall–Kier alpha value is -4.67. The number of aromatic nitrogens is 8. The van der Waals surface area contributed by atoms with Crippen LogP contribution in [0.1, 0.15) is 24.4 Å². The Bertz CT molecular complexity index is 2260. The highest BCUT2D eigenvalue weighted by molar-refractivity contribution is 7.47. The van der Waals surface area contributed by atoms with Gasteiger partial charge in [0.1, 0.15) is 42.3 Å². The predicted octanol–water partition coefficient (Wildman–Crippen LogP) is -2.83. The molecule has 0 aliphatic carbocycles. The molecule has 252 valence electrons. The number of hydrogen-bond acceptors (Lipinski definition) is 18. The van der Waals surface area contributed by atoms with Gasteiger partial charge < -0.3 is 41.4 Å². The van der Waals surface area contributed by atoms with E-state index in [-0.39, 0.29) is 58.2 Å². The van der Waals surface area contributed by atoms with E-state index >= 15 is 0 Å². The van der Waals surface area contributed by atoms with Crippen molar-refractivity contribution in [3.05, 3.63) is 55.3 Å². The van der Waals surface area contributed by atoms with Crippen molar-refractivity contribution in [3.8, 4) is 0 Å². The number of rotatable bonds is 2. The molecule has 23 heteroatoms. The molecular weight excluding hydrogens is 661 g/mol. The van der Waals surface area contributed by atoms with Gasteiger partial charge in [-0.3, -0.25) is 37.5 Å². The highest BCUT2D eigenvalue weighted by atomic mass is 31.2. The minimum absolute atomic E-state index is 0.0190. The Labute approximate surface area is 265 Å². The zero-order valence-electron chi connectivity index (χ0n) is 24.3. The molecule has 0 saturated carbocycles. The molecule has 3 unspecified atom stereocenters. The number of nitrogen functional groups attached to an aromatic ring is 2. The Morgan fingerprint density at radius 3 is 2.44 bits per heavy atom. The first-order valence-electron chi connectivity index (χ1n) is 14.5. The second kappa shape index (κ2) is 10.9. The van der Waals surface area contributed by atoms with Gasteiger partial charge in [-0.15, -0.1) is 0 Å². The van der Waals surface area contributed by atoms with E-state index < -0.39 is 79.9 Å². The van der Waals surface area contributed by atoms with Gasteiger partial charge in [-0.2, -0.15) is 4.98 Å². The number of phosphoric acid groups is 1. The lowest BCUT2D eigenvalue weighted by molar-refractivity contribution is -0.0504. The van der Waals surface area contributed by atoms with E-state index in [1.807, 2.05) is 0 Å². The van der Waals surface area contributed by atoms with Crippen LogP contribution in [0.25, 0.3) is 22.3 Å². The minimum atomic E-state index is -5.00. The molecule has 9 N–H and O–H groups in total. The first-order valence-corrected chi connectivity index (χ1v) is 16.0. The molecule has 3 aliphatic rings. The van der Waals surface area contributed by atoms with Gasteiger partial charge in [0.05, 0.1) is 31.1 Å². The molecular formula is C25H26N11O11P. The number of anilines is 3. The Kier molecular flexibility index (Phi) is 6.98. The summed E-state index contributed by atoms with van der Waals surface area (Å²) in [5.41, 5.74) is 9.60. The number of ether oxygens (including phenoxy) is 2. The maximum Gasteiger partial charge on any atom is 0.472 e. The second-order valence-corrected chi connectivity index (χ2v) is 12.9. The highest BCUT2D eigenvalue weighted by Crippen LogP contribution is 2.50. The van der Waals surface area contributed by atoms with Crippen molar-refractivity contribution in [2.75, 3.05) is 23.4 Å². The van der Waals surface area contributed by atoms with Gasteiger partial charge in [0, 0.05) is 5.56 Å². The zero-order chi connectivity index (χ0) is 33.6. The summed E-state index contributed by atoms with van der Waals surface area (Å²) in [4.78, 5) is 71.5. The molecule has 7 heterocycles. The molecule has 48 heavy (non-hydrogen) atoms. The first-order chi connectivity index (χ1) is 22.9. The summed E-state index contributed by atoms with van der Waals surface area (Å²) in [5, 5.41) is 25.6. The Morgan fingerprint density at radius 1 is 0.917 bits per heavy atom. The number of nitrogens with zero attached hydrogens (tertiary/aromatic N) is 7. The number of aromatic amines is 1. The van der Waals surface area contributed by atoms with Crippen LogP contribution in [0.5, 0.6) is 0 Å². The van der Waals surface area contributed by atoms with Gasteiger partial charge in [-0.05, 0) is 12.8 Å². The van der Waals surface area contributed by atoms with Crippen LogP contribution in [0.15, 0.2) is 33.4 Å². The first kappa shape index (κ1) is 30.7. The van der Waals surface area contributed by atoms with Crippen LogP contribution in [0, 0.1) is 0 Å². The number of phosphoric ester groups is 1. The lowest BCUT2D eigenvalue weighted by Crippen LogP contribution is -2.46. The molecule has 0 amide bonds. The van der Waals surface area contributed by atoms with Crippen molar-refractivity contribution in [3.63, 3.8) is 0 Å². The maximum atomic E-state index is 13.3. The third-order valence-electron chi connectivity index (χ3n) is 8.72. The van der Waals surface area contributed by atoms with Gasteiger partial charge in [0.2, 0.25) is 16.8 Å². The number of fused-ring (bicyclic) bond motifs is 6. The van der Waals surface area contributed by atoms with Gasteiger partial charge >= 0.3 is 7.82 Å². The molecule has 3 aliphatic heterocycles. The molecule has 2 fully saturated rings. The molecule has 22 nitrogen and oxygen atoms in total. The smallest absolute Gasteiger partial charge is 0.388 e. The van der Waals surface area contributed by atoms with E-state index in [0.717, 1.165) is 0 Å². The van der Waals surface area contributed by atoms with Gasteiger partial charge in [0.15, 0.2) is 35.1 Å². The van der Waals surface area contributed by atoms with Crippen LogP contribution < -0.4 is 33.2 Å². The average Bonchev–Trinajstić information content (AvgIpc) is 3.80. The van der Waals surface area contributed by atoms with Crippen LogP contribution in [-0.4, -0.2) is 97.3 Å². The monoisotopic (exact) mass is 687 g/mol.